The molecule has 9 nitrogen and oxygen atoms in total. The minimum atomic E-state index is -4.23. The standard InChI is InChI=1S/C31H31F3N2O7/c1-36(2)24-19-13-16-12-18-17(15-7-5-14(6-8-15)4-3-11-30(32,33)34)9-10-20(37)22(18)25(38)21(16)27(40)31(19,43)28(41)23(26(24)39)29(35)42/h5-10,16,19,24,37-38,41,43H,3-4,11-13H2,1-2H3,(H2,35,42)/t16-,19-,24?,31-/m1/s1. The Labute approximate surface area is 244 Å². The lowest BCUT2D eigenvalue weighted by Gasteiger charge is -2.50. The Kier molecular flexibility index (Phi) is 7.42. The normalized spacial score (nSPS) is 25.5. The van der Waals surface area contributed by atoms with Crippen LogP contribution in [0.4, 0.5) is 13.2 Å². The zero-order chi connectivity index (χ0) is 31.6. The summed E-state index contributed by atoms with van der Waals surface area (Å²) in [6.07, 6.45) is -4.86. The van der Waals surface area contributed by atoms with Crippen LogP contribution in [-0.4, -0.2) is 74.7 Å². The molecule has 5 rings (SSSR count). The number of aryl methyl sites for hydroxylation is 1. The molecule has 228 valence electrons. The van der Waals surface area contributed by atoms with Crippen LogP contribution in [0.3, 0.4) is 0 Å². The molecule has 12 heteroatoms. The summed E-state index contributed by atoms with van der Waals surface area (Å²) < 4.78 is 37.6. The molecule has 0 aliphatic heterocycles. The number of ketones is 2. The molecule has 0 aromatic heterocycles. The first-order valence-corrected chi connectivity index (χ1v) is 13.7. The molecule has 0 bridgehead atoms. The number of carbonyl (C=O) groups is 3. The molecule has 4 atom stereocenters. The monoisotopic (exact) mass is 600 g/mol. The molecule has 1 amide bonds. The number of aromatic hydroxyl groups is 1. The first kappa shape index (κ1) is 30.3. The Morgan fingerprint density at radius 3 is 2.30 bits per heavy atom. The third-order valence-corrected chi connectivity index (χ3v) is 8.79. The lowest BCUT2D eigenvalue weighted by atomic mass is 9.57. The van der Waals surface area contributed by atoms with E-state index in [0.29, 0.717) is 22.3 Å². The number of likely N-dealkylation sites (N-methyl/N-ethyl adjacent to an activating group) is 1. The van der Waals surface area contributed by atoms with Crippen LogP contribution in [0.25, 0.3) is 16.9 Å². The van der Waals surface area contributed by atoms with E-state index in [4.69, 9.17) is 5.73 Å². The molecule has 2 aromatic carbocycles. The first-order valence-electron chi connectivity index (χ1n) is 13.7. The van der Waals surface area contributed by atoms with Crippen LogP contribution in [0.1, 0.15) is 36.0 Å². The van der Waals surface area contributed by atoms with Crippen molar-refractivity contribution in [3.63, 3.8) is 0 Å². The Hall–Kier alpha value is -4.16. The number of aliphatic hydroxyl groups is 3. The van der Waals surface area contributed by atoms with Crippen LogP contribution >= 0.6 is 0 Å². The fourth-order valence-electron chi connectivity index (χ4n) is 6.86. The van der Waals surface area contributed by atoms with Crippen molar-refractivity contribution in [2.45, 2.75) is 49.9 Å². The molecule has 43 heavy (non-hydrogen) atoms. The van der Waals surface area contributed by atoms with E-state index in [1.807, 2.05) is 0 Å². The Morgan fingerprint density at radius 1 is 1.07 bits per heavy atom. The van der Waals surface area contributed by atoms with Gasteiger partial charge in [-0.2, -0.15) is 13.2 Å². The van der Waals surface area contributed by atoms with E-state index in [2.05, 4.69) is 0 Å². The molecule has 1 fully saturated rings. The van der Waals surface area contributed by atoms with Crippen molar-refractivity contribution in [1.82, 2.24) is 4.90 Å². The van der Waals surface area contributed by atoms with E-state index in [0.717, 1.165) is 0 Å². The molecule has 6 N–H and O–H groups in total. The molecule has 1 saturated carbocycles. The molecular formula is C31H31F3N2O7. The Balaban J connectivity index is 1.58. The van der Waals surface area contributed by atoms with Gasteiger partial charge in [-0.05, 0) is 74.0 Å². The third kappa shape index (κ3) is 4.88. The van der Waals surface area contributed by atoms with E-state index < -0.39 is 70.6 Å². The van der Waals surface area contributed by atoms with Crippen LogP contribution in [0.15, 0.2) is 53.3 Å². The quantitative estimate of drug-likeness (QED) is 0.315. The maximum Gasteiger partial charge on any atom is 0.389 e. The first-order chi connectivity index (χ1) is 20.1. The molecular weight excluding hydrogens is 569 g/mol. The van der Waals surface area contributed by atoms with Gasteiger partial charge in [0.15, 0.2) is 11.4 Å². The van der Waals surface area contributed by atoms with Crippen molar-refractivity contribution in [3.8, 4) is 16.9 Å². The van der Waals surface area contributed by atoms with Gasteiger partial charge in [-0.15, -0.1) is 0 Å². The molecule has 0 radical (unpaired) electrons. The highest BCUT2D eigenvalue weighted by Crippen LogP contribution is 2.53. The number of amides is 1. The minimum Gasteiger partial charge on any atom is -0.508 e. The minimum absolute atomic E-state index is 0.0388. The number of phenols is 1. The van der Waals surface area contributed by atoms with Gasteiger partial charge in [0.05, 0.1) is 11.6 Å². The SMILES string of the molecule is CN(C)C1C(=O)C(C(N)=O)=C(O)[C@]2(O)C(=O)C3=C(O)c4c(O)ccc(-c5ccc(CCCC(F)(F)F)cc5)c4C[C@@H]3C[C@H]12. The Morgan fingerprint density at radius 2 is 1.72 bits per heavy atom. The van der Waals surface area contributed by atoms with Crippen molar-refractivity contribution in [2.24, 2.45) is 17.6 Å². The van der Waals surface area contributed by atoms with Gasteiger partial charge in [0.2, 0.25) is 5.78 Å². The second kappa shape index (κ2) is 10.5. The second-order valence-electron chi connectivity index (χ2n) is 11.6. The molecule has 3 aliphatic rings. The van der Waals surface area contributed by atoms with Crippen LogP contribution in [-0.2, 0) is 27.2 Å². The number of nitrogens with zero attached hydrogens (tertiary/aromatic N) is 1. The second-order valence-corrected chi connectivity index (χ2v) is 11.6. The van der Waals surface area contributed by atoms with Gasteiger partial charge in [0.1, 0.15) is 22.8 Å². The summed E-state index contributed by atoms with van der Waals surface area (Å²) in [5.74, 6) is -7.25. The summed E-state index contributed by atoms with van der Waals surface area (Å²) in [6, 6.07) is 8.65. The molecule has 0 heterocycles. The number of Topliss-reactive ketones (excluding diaryl/α,β-unsaturated/α-hetero) is 2. The highest BCUT2D eigenvalue weighted by molar-refractivity contribution is 6.24. The van der Waals surface area contributed by atoms with E-state index in [9.17, 15) is 48.0 Å². The topological polar surface area (TPSA) is 161 Å². The van der Waals surface area contributed by atoms with Gasteiger partial charge in [-0.3, -0.25) is 19.3 Å². The van der Waals surface area contributed by atoms with Crippen molar-refractivity contribution in [2.75, 3.05) is 14.1 Å². The van der Waals surface area contributed by atoms with Crippen molar-refractivity contribution in [1.29, 1.82) is 0 Å². The summed E-state index contributed by atoms with van der Waals surface area (Å²) in [7, 11) is 3.05. The Bertz CT molecular complexity index is 1590. The zero-order valence-corrected chi connectivity index (χ0v) is 23.4. The van der Waals surface area contributed by atoms with Gasteiger partial charge >= 0.3 is 6.18 Å². The molecule has 3 aliphatic carbocycles. The molecule has 2 aromatic rings. The number of rotatable bonds is 6. The number of aliphatic hydroxyl groups excluding tert-OH is 2. The number of fused-ring (bicyclic) bond motifs is 3. The van der Waals surface area contributed by atoms with E-state index in [-0.39, 0.29) is 42.6 Å². The number of benzene rings is 2. The number of phenolic OH excluding ortho intramolecular Hbond substituents is 1. The molecule has 1 unspecified atom stereocenters. The van der Waals surface area contributed by atoms with Gasteiger partial charge in [-0.1, -0.05) is 30.3 Å². The van der Waals surface area contributed by atoms with E-state index in [1.165, 1.54) is 25.1 Å². The number of hydrogen-bond donors (Lipinski definition) is 5. The average molecular weight is 601 g/mol. The summed E-state index contributed by atoms with van der Waals surface area (Å²) in [5.41, 5.74) is 3.93. The fraction of sp³-hybridized carbons (Fsp3) is 0.387. The lowest BCUT2D eigenvalue weighted by Crippen LogP contribution is -2.65. The van der Waals surface area contributed by atoms with Crippen molar-refractivity contribution >= 4 is 23.2 Å². The number of halogens is 3. The average Bonchev–Trinajstić information content (AvgIpc) is 2.90. The predicted octanol–water partition coefficient (Wildman–Crippen LogP) is 3.52. The van der Waals surface area contributed by atoms with E-state index in [1.54, 1.807) is 30.3 Å². The summed E-state index contributed by atoms with van der Waals surface area (Å²) in [6.45, 7) is 0. The van der Waals surface area contributed by atoms with Crippen molar-refractivity contribution < 1.29 is 48.0 Å². The summed E-state index contributed by atoms with van der Waals surface area (Å²) in [5, 5.41) is 44.8. The highest BCUT2D eigenvalue weighted by atomic mass is 19.4. The van der Waals surface area contributed by atoms with Gasteiger partial charge < -0.3 is 26.2 Å². The third-order valence-electron chi connectivity index (χ3n) is 8.79. The number of carbonyl (C=O) groups excluding carboxylic acids is 3. The van der Waals surface area contributed by atoms with Crippen LogP contribution < -0.4 is 5.73 Å². The fourth-order valence-corrected chi connectivity index (χ4v) is 6.86. The smallest absolute Gasteiger partial charge is 0.389 e. The van der Waals surface area contributed by atoms with Crippen molar-refractivity contribution in [3.05, 3.63) is 70.0 Å². The van der Waals surface area contributed by atoms with Crippen LogP contribution in [0, 0.1) is 11.8 Å². The number of primary amides is 1. The van der Waals surface area contributed by atoms with E-state index >= 15 is 0 Å². The number of hydrogen-bond acceptors (Lipinski definition) is 8. The molecule has 0 spiro atoms. The molecule has 0 saturated heterocycles. The zero-order valence-electron chi connectivity index (χ0n) is 23.4. The summed E-state index contributed by atoms with van der Waals surface area (Å²) >= 11 is 0. The highest BCUT2D eigenvalue weighted by Gasteiger charge is 2.64. The maximum atomic E-state index is 13.9. The van der Waals surface area contributed by atoms with Gasteiger partial charge in [0, 0.05) is 17.9 Å². The maximum absolute atomic E-state index is 13.9. The predicted molar refractivity (Wildman–Crippen MR) is 149 cm³/mol. The van der Waals surface area contributed by atoms with Crippen LogP contribution in [0.5, 0.6) is 5.75 Å². The lowest BCUT2D eigenvalue weighted by molar-refractivity contribution is -0.153. The number of nitrogens with two attached hydrogens (primary N) is 1. The number of alkyl halides is 3. The van der Waals surface area contributed by atoms with Crippen LogP contribution in [0.2, 0.25) is 0 Å². The van der Waals surface area contributed by atoms with Gasteiger partial charge in [0.25, 0.3) is 5.91 Å². The van der Waals surface area contributed by atoms with Gasteiger partial charge in [-0.25, -0.2) is 0 Å². The summed E-state index contributed by atoms with van der Waals surface area (Å²) in [4.78, 5) is 40.7. The largest absolute Gasteiger partial charge is 0.508 e.